The monoisotopic (exact) mass is 277 g/mol. The van der Waals surface area contributed by atoms with Crippen molar-refractivity contribution in [1.29, 1.82) is 0 Å². The molecule has 1 N–H and O–H groups in total. The molecule has 1 aliphatic heterocycles. The number of benzene rings is 1. The van der Waals surface area contributed by atoms with Crippen molar-refractivity contribution in [3.8, 4) is 0 Å². The molecule has 1 aliphatic rings. The SMILES string of the molecule is Cc1ccc(CN(C)CC2(C(=O)O)CCOCC2)cc1. The molecular formula is C16H23NO3. The lowest BCUT2D eigenvalue weighted by Crippen LogP contribution is -2.45. The van der Waals surface area contributed by atoms with Crippen LogP contribution in [-0.4, -0.2) is 42.8 Å². The van der Waals surface area contributed by atoms with Crippen molar-refractivity contribution < 1.29 is 14.6 Å². The van der Waals surface area contributed by atoms with Gasteiger partial charge < -0.3 is 14.7 Å². The minimum atomic E-state index is -0.698. The molecule has 1 saturated heterocycles. The number of hydrogen-bond acceptors (Lipinski definition) is 3. The lowest BCUT2D eigenvalue weighted by atomic mass is 9.80. The Bertz CT molecular complexity index is 449. The van der Waals surface area contributed by atoms with Crippen LogP contribution in [0.2, 0.25) is 0 Å². The Hall–Kier alpha value is -1.39. The zero-order valence-electron chi connectivity index (χ0n) is 12.3. The zero-order valence-corrected chi connectivity index (χ0v) is 12.3. The van der Waals surface area contributed by atoms with Crippen LogP contribution in [-0.2, 0) is 16.1 Å². The van der Waals surface area contributed by atoms with Gasteiger partial charge in [-0.1, -0.05) is 29.8 Å². The third-order valence-corrected chi connectivity index (χ3v) is 4.05. The van der Waals surface area contributed by atoms with E-state index in [2.05, 4.69) is 36.1 Å². The Kier molecular flexibility index (Phi) is 4.78. The van der Waals surface area contributed by atoms with E-state index in [0.29, 0.717) is 32.6 Å². The molecule has 0 aromatic heterocycles. The van der Waals surface area contributed by atoms with Crippen molar-refractivity contribution in [1.82, 2.24) is 4.90 Å². The third-order valence-electron chi connectivity index (χ3n) is 4.05. The number of carboxylic acid groups (broad SMARTS) is 1. The molecule has 0 spiro atoms. The fraction of sp³-hybridized carbons (Fsp3) is 0.562. The Morgan fingerprint density at radius 3 is 2.45 bits per heavy atom. The zero-order chi connectivity index (χ0) is 14.6. The van der Waals surface area contributed by atoms with Crippen molar-refractivity contribution in [3.63, 3.8) is 0 Å². The molecule has 110 valence electrons. The smallest absolute Gasteiger partial charge is 0.311 e. The van der Waals surface area contributed by atoms with Gasteiger partial charge in [0.25, 0.3) is 0 Å². The van der Waals surface area contributed by atoms with Gasteiger partial charge >= 0.3 is 5.97 Å². The van der Waals surface area contributed by atoms with Crippen LogP contribution in [0.1, 0.15) is 24.0 Å². The van der Waals surface area contributed by atoms with E-state index in [1.54, 1.807) is 0 Å². The summed E-state index contributed by atoms with van der Waals surface area (Å²) in [5, 5.41) is 9.56. The number of carboxylic acids is 1. The fourth-order valence-corrected chi connectivity index (χ4v) is 2.78. The van der Waals surface area contributed by atoms with Gasteiger partial charge in [0.05, 0.1) is 5.41 Å². The van der Waals surface area contributed by atoms with Gasteiger partial charge in [-0.3, -0.25) is 4.79 Å². The Morgan fingerprint density at radius 1 is 1.30 bits per heavy atom. The van der Waals surface area contributed by atoms with Crippen LogP contribution in [0.3, 0.4) is 0 Å². The van der Waals surface area contributed by atoms with E-state index in [1.165, 1.54) is 11.1 Å². The number of nitrogens with zero attached hydrogens (tertiary/aromatic N) is 1. The van der Waals surface area contributed by atoms with Crippen LogP contribution in [0.25, 0.3) is 0 Å². The summed E-state index contributed by atoms with van der Waals surface area (Å²) in [5.74, 6) is -0.698. The van der Waals surface area contributed by atoms with E-state index in [9.17, 15) is 9.90 Å². The molecule has 0 saturated carbocycles. The average Bonchev–Trinajstić information content (AvgIpc) is 2.42. The summed E-state index contributed by atoms with van der Waals surface area (Å²) in [5.41, 5.74) is 1.80. The van der Waals surface area contributed by atoms with Crippen LogP contribution >= 0.6 is 0 Å². The molecule has 2 rings (SSSR count). The standard InChI is InChI=1S/C16H23NO3/c1-13-3-5-14(6-4-13)11-17(2)12-16(15(18)19)7-9-20-10-8-16/h3-6H,7-12H2,1-2H3,(H,18,19). The van der Waals surface area contributed by atoms with E-state index < -0.39 is 11.4 Å². The molecule has 4 nitrogen and oxygen atoms in total. The minimum Gasteiger partial charge on any atom is -0.481 e. The van der Waals surface area contributed by atoms with Crippen LogP contribution in [0.4, 0.5) is 0 Å². The number of aryl methyl sites for hydroxylation is 1. The van der Waals surface area contributed by atoms with Crippen LogP contribution in [0.15, 0.2) is 24.3 Å². The van der Waals surface area contributed by atoms with Gasteiger partial charge in [0.1, 0.15) is 0 Å². The largest absolute Gasteiger partial charge is 0.481 e. The summed E-state index contributed by atoms with van der Waals surface area (Å²) in [7, 11) is 1.99. The molecule has 0 radical (unpaired) electrons. The van der Waals surface area contributed by atoms with E-state index in [4.69, 9.17) is 4.74 Å². The van der Waals surface area contributed by atoms with E-state index in [-0.39, 0.29) is 0 Å². The second kappa shape index (κ2) is 6.37. The van der Waals surface area contributed by atoms with Crippen molar-refractivity contribution >= 4 is 5.97 Å². The Balaban J connectivity index is 1.99. The van der Waals surface area contributed by atoms with Gasteiger partial charge in [-0.2, -0.15) is 0 Å². The maximum Gasteiger partial charge on any atom is 0.311 e. The number of carbonyl (C=O) groups is 1. The molecule has 0 amide bonds. The van der Waals surface area contributed by atoms with Crippen LogP contribution < -0.4 is 0 Å². The van der Waals surface area contributed by atoms with Gasteiger partial charge in [-0.05, 0) is 32.4 Å². The second-order valence-electron chi connectivity index (χ2n) is 5.86. The quantitative estimate of drug-likeness (QED) is 0.897. The van der Waals surface area contributed by atoms with Crippen molar-refractivity contribution in [2.24, 2.45) is 5.41 Å². The predicted octanol–water partition coefficient (Wildman–Crippen LogP) is 2.31. The molecule has 0 atom stereocenters. The van der Waals surface area contributed by atoms with Gasteiger partial charge in [0.2, 0.25) is 0 Å². The molecule has 0 aliphatic carbocycles. The predicted molar refractivity (Wildman–Crippen MR) is 77.6 cm³/mol. The molecule has 4 heteroatoms. The van der Waals surface area contributed by atoms with Gasteiger partial charge in [-0.15, -0.1) is 0 Å². The first-order chi connectivity index (χ1) is 9.52. The number of hydrogen-bond donors (Lipinski definition) is 1. The highest BCUT2D eigenvalue weighted by atomic mass is 16.5. The minimum absolute atomic E-state index is 0.546. The highest BCUT2D eigenvalue weighted by Gasteiger charge is 2.40. The van der Waals surface area contributed by atoms with E-state index >= 15 is 0 Å². The van der Waals surface area contributed by atoms with Crippen LogP contribution in [0, 0.1) is 12.3 Å². The average molecular weight is 277 g/mol. The molecule has 1 fully saturated rings. The topological polar surface area (TPSA) is 49.8 Å². The number of aliphatic carboxylic acids is 1. The summed E-state index contributed by atoms with van der Waals surface area (Å²) >= 11 is 0. The van der Waals surface area contributed by atoms with Gasteiger partial charge in [0, 0.05) is 26.3 Å². The maximum absolute atomic E-state index is 11.6. The first-order valence-corrected chi connectivity index (χ1v) is 7.07. The van der Waals surface area contributed by atoms with Crippen molar-refractivity contribution in [3.05, 3.63) is 35.4 Å². The van der Waals surface area contributed by atoms with Crippen LogP contribution in [0.5, 0.6) is 0 Å². The molecule has 0 bridgehead atoms. The fourth-order valence-electron chi connectivity index (χ4n) is 2.78. The van der Waals surface area contributed by atoms with E-state index in [1.807, 2.05) is 7.05 Å². The summed E-state index contributed by atoms with van der Waals surface area (Å²) in [6, 6.07) is 8.38. The summed E-state index contributed by atoms with van der Waals surface area (Å²) in [6.07, 6.45) is 1.20. The molecule has 20 heavy (non-hydrogen) atoms. The normalized spacial score (nSPS) is 18.1. The van der Waals surface area contributed by atoms with E-state index in [0.717, 1.165) is 6.54 Å². The van der Waals surface area contributed by atoms with Gasteiger partial charge in [-0.25, -0.2) is 0 Å². The Morgan fingerprint density at radius 2 is 1.90 bits per heavy atom. The highest BCUT2D eigenvalue weighted by molar-refractivity contribution is 5.75. The molecule has 1 heterocycles. The number of rotatable bonds is 5. The molecular weight excluding hydrogens is 254 g/mol. The third kappa shape index (κ3) is 3.58. The lowest BCUT2D eigenvalue weighted by molar-refractivity contribution is -0.156. The first kappa shape index (κ1) is 15.0. The Labute approximate surface area is 120 Å². The second-order valence-corrected chi connectivity index (χ2v) is 5.86. The summed E-state index contributed by atoms with van der Waals surface area (Å²) in [4.78, 5) is 13.7. The van der Waals surface area contributed by atoms with Crippen molar-refractivity contribution in [2.45, 2.75) is 26.3 Å². The molecule has 1 aromatic carbocycles. The van der Waals surface area contributed by atoms with Gasteiger partial charge in [0.15, 0.2) is 0 Å². The highest BCUT2D eigenvalue weighted by Crippen LogP contribution is 2.32. The summed E-state index contributed by atoms with van der Waals surface area (Å²) in [6.45, 7) is 4.50. The maximum atomic E-state index is 11.6. The van der Waals surface area contributed by atoms with Crippen molar-refractivity contribution in [2.75, 3.05) is 26.8 Å². The molecule has 0 unspecified atom stereocenters. The summed E-state index contributed by atoms with van der Waals surface area (Å²) < 4.78 is 5.31. The number of ether oxygens (including phenoxy) is 1. The lowest BCUT2D eigenvalue weighted by Gasteiger charge is -2.36. The molecule has 1 aromatic rings. The first-order valence-electron chi connectivity index (χ1n) is 7.07.